The first-order valence-corrected chi connectivity index (χ1v) is 2.53. The van der Waals surface area contributed by atoms with E-state index in [9.17, 15) is 0 Å². The Balaban J connectivity index is 0.000000640. The van der Waals surface area contributed by atoms with Gasteiger partial charge < -0.3 is 5.73 Å². The van der Waals surface area contributed by atoms with E-state index in [1.54, 1.807) is 6.20 Å². The molecule has 0 amide bonds. The molecule has 1 aromatic rings. The molecule has 0 spiro atoms. The molecule has 1 aromatic heterocycles. The van der Waals surface area contributed by atoms with Gasteiger partial charge in [0.15, 0.2) is 0 Å². The second-order valence-electron chi connectivity index (χ2n) is 1.53. The summed E-state index contributed by atoms with van der Waals surface area (Å²) < 4.78 is 0. The van der Waals surface area contributed by atoms with Gasteiger partial charge >= 0.3 is 0 Å². The molecule has 0 radical (unpaired) electrons. The largest absolute Gasteiger partial charge is 0.325 e. The molecule has 52 valence electrons. The average molecular weight is 167 g/mol. The van der Waals surface area contributed by atoms with Crippen molar-refractivity contribution in [3.63, 3.8) is 0 Å². The third-order valence-corrected chi connectivity index (χ3v) is 0.935. The van der Waals surface area contributed by atoms with E-state index in [-0.39, 0.29) is 16.5 Å². The minimum absolute atomic E-state index is 0. The van der Waals surface area contributed by atoms with E-state index in [0.717, 1.165) is 5.69 Å². The van der Waals surface area contributed by atoms with Crippen LogP contribution in [0.25, 0.3) is 0 Å². The molecule has 0 aromatic carbocycles. The fourth-order valence-corrected chi connectivity index (χ4v) is 0.519. The molecular weight excluding hydrogens is 159 g/mol. The predicted molar refractivity (Wildman–Crippen MR) is 32.1 cm³/mol. The van der Waals surface area contributed by atoms with Gasteiger partial charge in [-0.15, -0.1) is 0 Å². The van der Waals surface area contributed by atoms with Gasteiger partial charge in [0, 0.05) is 29.2 Å². The van der Waals surface area contributed by atoms with Crippen LogP contribution >= 0.6 is 0 Å². The molecule has 3 heteroatoms. The third kappa shape index (κ3) is 2.59. The first kappa shape index (κ1) is 8.60. The summed E-state index contributed by atoms with van der Waals surface area (Å²) in [6, 6.07) is 5.70. The summed E-state index contributed by atoms with van der Waals surface area (Å²) in [4.78, 5) is 3.97. The van der Waals surface area contributed by atoms with E-state index in [2.05, 4.69) is 4.98 Å². The van der Waals surface area contributed by atoms with E-state index in [1.165, 1.54) is 0 Å². The van der Waals surface area contributed by atoms with Crippen LogP contribution in [0.2, 0.25) is 0 Å². The topological polar surface area (TPSA) is 38.9 Å². The molecule has 0 saturated heterocycles. The van der Waals surface area contributed by atoms with Gasteiger partial charge in [-0.25, -0.2) is 0 Å². The van der Waals surface area contributed by atoms with Crippen LogP contribution in [0.4, 0.5) is 0 Å². The van der Waals surface area contributed by atoms with Gasteiger partial charge in [-0.2, -0.15) is 0 Å². The fraction of sp³-hybridized carbons (Fsp3) is 0.167. The summed E-state index contributed by atoms with van der Waals surface area (Å²) in [6.45, 7) is 0.529. The number of rotatable bonds is 1. The molecule has 0 aliphatic rings. The summed E-state index contributed by atoms with van der Waals surface area (Å²) in [6.07, 6.45) is 1.74. The van der Waals surface area contributed by atoms with Crippen LogP contribution < -0.4 is 5.73 Å². The second kappa shape index (κ2) is 4.48. The van der Waals surface area contributed by atoms with Crippen molar-refractivity contribution in [1.29, 1.82) is 0 Å². The Morgan fingerprint density at radius 3 is 2.56 bits per heavy atom. The maximum Gasteiger partial charge on any atom is 0.0539 e. The van der Waals surface area contributed by atoms with Crippen molar-refractivity contribution in [2.45, 2.75) is 6.54 Å². The molecule has 9 heavy (non-hydrogen) atoms. The van der Waals surface area contributed by atoms with Crippen LogP contribution in [0.3, 0.4) is 0 Å². The number of nitrogens with zero attached hydrogens (tertiary/aromatic N) is 1. The van der Waals surface area contributed by atoms with Crippen molar-refractivity contribution in [3.05, 3.63) is 30.1 Å². The second-order valence-corrected chi connectivity index (χ2v) is 1.53. The quantitative estimate of drug-likeness (QED) is 0.619. The molecule has 2 nitrogen and oxygen atoms in total. The van der Waals surface area contributed by atoms with Crippen LogP contribution in [0, 0.1) is 0 Å². The zero-order chi connectivity index (χ0) is 5.82. The number of nitrogens with two attached hydrogens (primary N) is 1. The summed E-state index contributed by atoms with van der Waals surface area (Å²) in [5.74, 6) is 0. The minimum atomic E-state index is 0. The fourth-order valence-electron chi connectivity index (χ4n) is 0.519. The Morgan fingerprint density at radius 1 is 1.44 bits per heavy atom. The zero-order valence-electron chi connectivity index (χ0n) is 4.86. The smallest absolute Gasteiger partial charge is 0.0539 e. The van der Waals surface area contributed by atoms with Crippen molar-refractivity contribution in [2.75, 3.05) is 0 Å². The van der Waals surface area contributed by atoms with Gasteiger partial charge in [0.05, 0.1) is 5.69 Å². The zero-order valence-corrected chi connectivity index (χ0v) is 5.84. The SMILES string of the molecule is NCc1ccccn1.[Ni]. The van der Waals surface area contributed by atoms with Gasteiger partial charge in [0.2, 0.25) is 0 Å². The molecule has 2 N–H and O–H groups in total. The average Bonchev–Trinajstić information content (AvgIpc) is 1.90. The van der Waals surface area contributed by atoms with Crippen LogP contribution in [0.1, 0.15) is 5.69 Å². The number of hydrogen-bond acceptors (Lipinski definition) is 2. The molecule has 0 saturated carbocycles. The monoisotopic (exact) mass is 166 g/mol. The molecule has 0 fully saturated rings. The van der Waals surface area contributed by atoms with Crippen molar-refractivity contribution in [2.24, 2.45) is 5.73 Å². The minimum Gasteiger partial charge on any atom is -0.325 e. The Bertz CT molecular complexity index is 152. The maximum absolute atomic E-state index is 5.29. The van der Waals surface area contributed by atoms with Gasteiger partial charge in [-0.1, -0.05) is 6.07 Å². The van der Waals surface area contributed by atoms with E-state index in [1.807, 2.05) is 18.2 Å². The van der Waals surface area contributed by atoms with Crippen molar-refractivity contribution in [3.8, 4) is 0 Å². The molecule has 0 aliphatic carbocycles. The Hall–Kier alpha value is -0.396. The first-order chi connectivity index (χ1) is 3.93. The van der Waals surface area contributed by atoms with Crippen molar-refractivity contribution < 1.29 is 16.5 Å². The number of aromatic nitrogens is 1. The number of pyridine rings is 1. The van der Waals surface area contributed by atoms with Crippen LogP contribution in [0.15, 0.2) is 24.4 Å². The van der Waals surface area contributed by atoms with Crippen LogP contribution in [-0.4, -0.2) is 4.98 Å². The van der Waals surface area contributed by atoms with Gasteiger partial charge in [0.1, 0.15) is 0 Å². The summed E-state index contributed by atoms with van der Waals surface area (Å²) in [7, 11) is 0. The van der Waals surface area contributed by atoms with Gasteiger partial charge in [0.25, 0.3) is 0 Å². The van der Waals surface area contributed by atoms with E-state index in [0.29, 0.717) is 6.54 Å². The van der Waals surface area contributed by atoms with Crippen molar-refractivity contribution in [1.82, 2.24) is 4.98 Å². The van der Waals surface area contributed by atoms with Gasteiger partial charge in [-0.3, -0.25) is 4.98 Å². The molecule has 1 heterocycles. The molecule has 0 unspecified atom stereocenters. The standard InChI is InChI=1S/C6H8N2.Ni/c7-5-6-3-1-2-4-8-6;/h1-4H,5,7H2;. The van der Waals surface area contributed by atoms with Gasteiger partial charge in [-0.05, 0) is 12.1 Å². The predicted octanol–water partition coefficient (Wildman–Crippen LogP) is 0.538. The van der Waals surface area contributed by atoms with Crippen LogP contribution in [-0.2, 0) is 23.0 Å². The summed E-state index contributed by atoms with van der Waals surface area (Å²) in [5.41, 5.74) is 6.22. The van der Waals surface area contributed by atoms with E-state index >= 15 is 0 Å². The Kier molecular flexibility index (Phi) is 4.28. The molecule has 0 aliphatic heterocycles. The van der Waals surface area contributed by atoms with Crippen molar-refractivity contribution >= 4 is 0 Å². The Labute approximate surface area is 64.4 Å². The molecular formula is C6H8N2Ni. The third-order valence-electron chi connectivity index (χ3n) is 0.935. The normalized spacial score (nSPS) is 8.11. The van der Waals surface area contributed by atoms with Crippen LogP contribution in [0.5, 0.6) is 0 Å². The summed E-state index contributed by atoms with van der Waals surface area (Å²) >= 11 is 0. The van der Waals surface area contributed by atoms with E-state index < -0.39 is 0 Å². The molecule has 0 bridgehead atoms. The number of hydrogen-bond donors (Lipinski definition) is 1. The van der Waals surface area contributed by atoms with E-state index in [4.69, 9.17) is 5.73 Å². The maximum atomic E-state index is 5.29. The molecule has 1 rings (SSSR count). The first-order valence-electron chi connectivity index (χ1n) is 2.53. The molecule has 0 atom stereocenters. The summed E-state index contributed by atoms with van der Waals surface area (Å²) in [5, 5.41) is 0. The Morgan fingerprint density at radius 2 is 2.22 bits per heavy atom.